The van der Waals surface area contributed by atoms with Gasteiger partial charge in [0, 0.05) is 31.0 Å². The van der Waals surface area contributed by atoms with E-state index in [9.17, 15) is 0 Å². The molecule has 3 rings (SSSR count). The normalized spacial score (nSPS) is 15.1. The summed E-state index contributed by atoms with van der Waals surface area (Å²) in [6.45, 7) is 6.19. The molecular formula is C18H21N5. The third-order valence-corrected chi connectivity index (χ3v) is 4.16. The molecule has 0 bridgehead atoms. The van der Waals surface area contributed by atoms with E-state index >= 15 is 0 Å². The molecule has 2 aromatic heterocycles. The molecule has 0 unspecified atom stereocenters. The van der Waals surface area contributed by atoms with Crippen LogP contribution in [-0.4, -0.2) is 28.0 Å². The number of nitrogen functional groups attached to an aromatic ring is 1. The third-order valence-electron chi connectivity index (χ3n) is 4.16. The van der Waals surface area contributed by atoms with E-state index in [-0.39, 0.29) is 0 Å². The number of hydrogen-bond donors (Lipinski definition) is 1. The van der Waals surface area contributed by atoms with E-state index in [1.165, 1.54) is 12.8 Å². The summed E-state index contributed by atoms with van der Waals surface area (Å²) >= 11 is 0. The average molecular weight is 307 g/mol. The molecule has 1 saturated heterocycles. The van der Waals surface area contributed by atoms with E-state index in [1.807, 2.05) is 19.1 Å². The number of aryl methyl sites for hydroxylation is 1. The van der Waals surface area contributed by atoms with Crippen molar-refractivity contribution in [1.82, 2.24) is 15.0 Å². The first-order chi connectivity index (χ1) is 11.1. The van der Waals surface area contributed by atoms with Crippen molar-refractivity contribution in [2.24, 2.45) is 5.92 Å². The zero-order valence-electron chi connectivity index (χ0n) is 13.6. The molecule has 2 aromatic rings. The molecule has 0 radical (unpaired) electrons. The first-order valence-electron chi connectivity index (χ1n) is 7.94. The third kappa shape index (κ3) is 3.59. The van der Waals surface area contributed by atoms with Crippen LogP contribution in [-0.2, 0) is 0 Å². The number of pyridine rings is 1. The summed E-state index contributed by atoms with van der Waals surface area (Å²) in [6, 6.07) is 3.82. The van der Waals surface area contributed by atoms with E-state index in [4.69, 9.17) is 5.73 Å². The molecule has 0 spiro atoms. The fourth-order valence-electron chi connectivity index (χ4n) is 2.75. The Labute approximate surface area is 137 Å². The van der Waals surface area contributed by atoms with Gasteiger partial charge in [0.15, 0.2) is 0 Å². The maximum Gasteiger partial charge on any atom is 0.222 e. The Morgan fingerprint density at radius 2 is 2.00 bits per heavy atom. The van der Waals surface area contributed by atoms with Crippen LogP contribution in [0.2, 0.25) is 0 Å². The lowest BCUT2D eigenvalue weighted by Crippen LogP contribution is -2.34. The molecule has 0 aromatic carbocycles. The number of anilines is 2. The van der Waals surface area contributed by atoms with Gasteiger partial charge in [-0.2, -0.15) is 4.98 Å². The standard InChI is InChI=1S/C18H21N5/c1-13-7-10-23(11-8-13)17-16(14(2)21-18(19)22-17)6-5-15-4-3-9-20-12-15/h3-4,9,12-13H,7-8,10-11H2,1-2H3,(H2,19,21,22). The Balaban J connectivity index is 1.97. The summed E-state index contributed by atoms with van der Waals surface area (Å²) in [4.78, 5) is 15.1. The summed E-state index contributed by atoms with van der Waals surface area (Å²) < 4.78 is 0. The first-order valence-corrected chi connectivity index (χ1v) is 7.94. The van der Waals surface area contributed by atoms with Crippen molar-refractivity contribution in [2.75, 3.05) is 23.7 Å². The van der Waals surface area contributed by atoms with Gasteiger partial charge < -0.3 is 10.6 Å². The molecule has 0 saturated carbocycles. The van der Waals surface area contributed by atoms with Crippen LogP contribution in [0.5, 0.6) is 0 Å². The number of aromatic nitrogens is 3. The van der Waals surface area contributed by atoms with Crippen LogP contribution >= 0.6 is 0 Å². The highest BCUT2D eigenvalue weighted by Crippen LogP contribution is 2.26. The van der Waals surface area contributed by atoms with Gasteiger partial charge in [-0.3, -0.25) is 4.98 Å². The van der Waals surface area contributed by atoms with E-state index in [2.05, 4.69) is 38.6 Å². The highest BCUT2D eigenvalue weighted by atomic mass is 15.2. The Kier molecular flexibility index (Phi) is 4.42. The Morgan fingerprint density at radius 3 is 2.70 bits per heavy atom. The predicted molar refractivity (Wildman–Crippen MR) is 92.0 cm³/mol. The molecule has 1 aliphatic heterocycles. The number of rotatable bonds is 1. The Morgan fingerprint density at radius 1 is 1.22 bits per heavy atom. The van der Waals surface area contributed by atoms with Gasteiger partial charge in [0.05, 0.1) is 11.3 Å². The van der Waals surface area contributed by atoms with Crippen molar-refractivity contribution in [2.45, 2.75) is 26.7 Å². The lowest BCUT2D eigenvalue weighted by molar-refractivity contribution is 0.436. The molecule has 1 fully saturated rings. The van der Waals surface area contributed by atoms with Crippen molar-refractivity contribution in [1.29, 1.82) is 0 Å². The van der Waals surface area contributed by atoms with Crippen LogP contribution in [0, 0.1) is 24.7 Å². The average Bonchev–Trinajstić information content (AvgIpc) is 2.55. The summed E-state index contributed by atoms with van der Waals surface area (Å²) in [7, 11) is 0. The monoisotopic (exact) mass is 307 g/mol. The highest BCUT2D eigenvalue weighted by molar-refractivity contribution is 5.61. The van der Waals surface area contributed by atoms with Crippen LogP contribution < -0.4 is 10.6 Å². The van der Waals surface area contributed by atoms with Gasteiger partial charge in [0.2, 0.25) is 5.95 Å². The molecular weight excluding hydrogens is 286 g/mol. The van der Waals surface area contributed by atoms with Crippen LogP contribution in [0.1, 0.15) is 36.6 Å². The Bertz CT molecular complexity index is 737. The molecule has 0 aliphatic carbocycles. The molecule has 0 atom stereocenters. The second kappa shape index (κ2) is 6.66. The summed E-state index contributed by atoms with van der Waals surface area (Å²) in [6.07, 6.45) is 5.82. The summed E-state index contributed by atoms with van der Waals surface area (Å²) in [5.74, 6) is 8.30. The van der Waals surface area contributed by atoms with Gasteiger partial charge in [-0.15, -0.1) is 0 Å². The molecule has 3 heterocycles. The van der Waals surface area contributed by atoms with E-state index in [1.54, 1.807) is 12.4 Å². The first kappa shape index (κ1) is 15.3. The van der Waals surface area contributed by atoms with Gasteiger partial charge in [-0.25, -0.2) is 4.98 Å². The quantitative estimate of drug-likeness (QED) is 0.819. The SMILES string of the molecule is Cc1nc(N)nc(N2CCC(C)CC2)c1C#Cc1cccnc1. The van der Waals surface area contributed by atoms with E-state index in [0.29, 0.717) is 5.95 Å². The molecule has 5 heteroatoms. The van der Waals surface area contributed by atoms with Crippen molar-refractivity contribution in [3.63, 3.8) is 0 Å². The number of piperidine rings is 1. The van der Waals surface area contributed by atoms with Gasteiger partial charge in [0.25, 0.3) is 0 Å². The van der Waals surface area contributed by atoms with Crippen molar-refractivity contribution in [3.8, 4) is 11.8 Å². The topological polar surface area (TPSA) is 67.9 Å². The van der Waals surface area contributed by atoms with Crippen molar-refractivity contribution in [3.05, 3.63) is 41.3 Å². The van der Waals surface area contributed by atoms with E-state index < -0.39 is 0 Å². The maximum absolute atomic E-state index is 5.86. The Hall–Kier alpha value is -2.61. The fraction of sp³-hybridized carbons (Fsp3) is 0.389. The van der Waals surface area contributed by atoms with E-state index in [0.717, 1.165) is 41.6 Å². The number of nitrogens with two attached hydrogens (primary N) is 1. The minimum absolute atomic E-state index is 0.308. The lowest BCUT2D eigenvalue weighted by atomic mass is 9.99. The van der Waals surface area contributed by atoms with Crippen LogP contribution in [0.3, 0.4) is 0 Å². The largest absolute Gasteiger partial charge is 0.368 e. The highest BCUT2D eigenvalue weighted by Gasteiger charge is 2.21. The molecule has 23 heavy (non-hydrogen) atoms. The van der Waals surface area contributed by atoms with Crippen LogP contribution in [0.25, 0.3) is 0 Å². The smallest absolute Gasteiger partial charge is 0.222 e. The number of hydrogen-bond acceptors (Lipinski definition) is 5. The summed E-state index contributed by atoms with van der Waals surface area (Å²) in [5, 5.41) is 0. The number of nitrogens with zero attached hydrogens (tertiary/aromatic N) is 4. The zero-order valence-corrected chi connectivity index (χ0v) is 13.6. The molecule has 0 amide bonds. The van der Waals surface area contributed by atoms with Gasteiger partial charge in [0.1, 0.15) is 5.82 Å². The van der Waals surface area contributed by atoms with Gasteiger partial charge in [-0.05, 0) is 37.8 Å². The van der Waals surface area contributed by atoms with Crippen molar-refractivity contribution < 1.29 is 0 Å². The van der Waals surface area contributed by atoms with Gasteiger partial charge in [-0.1, -0.05) is 18.8 Å². The molecule has 118 valence electrons. The fourth-order valence-corrected chi connectivity index (χ4v) is 2.75. The predicted octanol–water partition coefficient (Wildman–Crippen LogP) is 2.40. The van der Waals surface area contributed by atoms with Crippen molar-refractivity contribution >= 4 is 11.8 Å². The second-order valence-electron chi connectivity index (χ2n) is 6.03. The molecule has 2 N–H and O–H groups in total. The maximum atomic E-state index is 5.86. The molecule has 1 aliphatic rings. The summed E-state index contributed by atoms with van der Waals surface area (Å²) in [5.41, 5.74) is 8.42. The van der Waals surface area contributed by atoms with Crippen LogP contribution in [0.4, 0.5) is 11.8 Å². The lowest BCUT2D eigenvalue weighted by Gasteiger charge is -2.32. The minimum atomic E-state index is 0.308. The zero-order chi connectivity index (χ0) is 16.2. The minimum Gasteiger partial charge on any atom is -0.368 e. The van der Waals surface area contributed by atoms with Gasteiger partial charge >= 0.3 is 0 Å². The van der Waals surface area contributed by atoms with Crippen LogP contribution in [0.15, 0.2) is 24.5 Å². The second-order valence-corrected chi connectivity index (χ2v) is 6.03. The molecule has 5 nitrogen and oxygen atoms in total.